The molecule has 2 rings (SSSR count). The van der Waals surface area contributed by atoms with Gasteiger partial charge >= 0.3 is 6.03 Å². The average Bonchev–Trinajstić information content (AvgIpc) is 2.58. The molecule has 1 saturated heterocycles. The van der Waals surface area contributed by atoms with Crippen molar-refractivity contribution in [1.82, 2.24) is 4.90 Å². The van der Waals surface area contributed by atoms with Gasteiger partial charge in [0.1, 0.15) is 0 Å². The summed E-state index contributed by atoms with van der Waals surface area (Å²) in [6, 6.07) is 8.15. The number of likely N-dealkylation sites (N-methyl/N-ethyl adjacent to an activating group) is 1. The Morgan fingerprint density at radius 1 is 1.33 bits per heavy atom. The van der Waals surface area contributed by atoms with E-state index in [2.05, 4.69) is 12.1 Å². The molecule has 4 heteroatoms. The number of urea groups is 1. The molecular weight excluding hydrogens is 226 g/mol. The predicted molar refractivity (Wildman–Crippen MR) is 73.8 cm³/mol. The molecule has 2 amide bonds. The van der Waals surface area contributed by atoms with Crippen molar-refractivity contribution < 1.29 is 4.79 Å². The van der Waals surface area contributed by atoms with E-state index in [0.29, 0.717) is 0 Å². The van der Waals surface area contributed by atoms with Crippen molar-refractivity contribution >= 4 is 11.7 Å². The molecule has 1 aromatic rings. The molecular formula is C14H21N3O. The smallest absolute Gasteiger partial charge is 0.324 e. The highest BCUT2D eigenvalue weighted by Gasteiger charge is 2.26. The Kier molecular flexibility index (Phi) is 3.30. The summed E-state index contributed by atoms with van der Waals surface area (Å²) in [7, 11) is 1.83. The SMILES string of the molecule is CN1CCN(c2cccc(CC(C)(C)N)c2)C1=O. The van der Waals surface area contributed by atoms with E-state index in [1.165, 1.54) is 5.56 Å². The number of anilines is 1. The number of rotatable bonds is 3. The Hall–Kier alpha value is -1.55. The van der Waals surface area contributed by atoms with Gasteiger partial charge in [0.05, 0.1) is 0 Å². The van der Waals surface area contributed by atoms with E-state index in [4.69, 9.17) is 5.73 Å². The van der Waals surface area contributed by atoms with E-state index in [-0.39, 0.29) is 11.6 Å². The molecule has 1 aliphatic heterocycles. The van der Waals surface area contributed by atoms with E-state index < -0.39 is 0 Å². The normalized spacial score (nSPS) is 16.6. The summed E-state index contributed by atoms with van der Waals surface area (Å²) in [6.45, 7) is 5.55. The van der Waals surface area contributed by atoms with Gasteiger partial charge in [-0.25, -0.2) is 4.79 Å². The maximum Gasteiger partial charge on any atom is 0.324 e. The Morgan fingerprint density at radius 3 is 2.61 bits per heavy atom. The fraction of sp³-hybridized carbons (Fsp3) is 0.500. The van der Waals surface area contributed by atoms with Gasteiger partial charge in [0, 0.05) is 31.4 Å². The first kappa shape index (κ1) is 12.9. The standard InChI is InChI=1S/C14H21N3O/c1-14(2,15)10-11-5-4-6-12(9-11)17-8-7-16(3)13(17)18/h4-6,9H,7-8,10,15H2,1-3H3. The van der Waals surface area contributed by atoms with E-state index in [9.17, 15) is 4.79 Å². The van der Waals surface area contributed by atoms with Crippen molar-refractivity contribution in [3.05, 3.63) is 29.8 Å². The number of nitrogens with two attached hydrogens (primary N) is 1. The molecule has 1 fully saturated rings. The van der Waals surface area contributed by atoms with Crippen LogP contribution in [0.1, 0.15) is 19.4 Å². The first-order chi connectivity index (χ1) is 8.37. The van der Waals surface area contributed by atoms with Crippen LogP contribution in [0.25, 0.3) is 0 Å². The lowest BCUT2D eigenvalue weighted by molar-refractivity contribution is 0.229. The summed E-state index contributed by atoms with van der Waals surface area (Å²) in [6.07, 6.45) is 0.804. The molecule has 98 valence electrons. The minimum atomic E-state index is -0.232. The van der Waals surface area contributed by atoms with Crippen LogP contribution in [0.15, 0.2) is 24.3 Å². The Labute approximate surface area is 108 Å². The van der Waals surface area contributed by atoms with Crippen molar-refractivity contribution in [2.75, 3.05) is 25.0 Å². The first-order valence-electron chi connectivity index (χ1n) is 6.27. The third-order valence-electron chi connectivity index (χ3n) is 3.10. The lowest BCUT2D eigenvalue weighted by Crippen LogP contribution is -2.34. The molecule has 1 aromatic carbocycles. The summed E-state index contributed by atoms with van der Waals surface area (Å²) in [5.74, 6) is 0. The summed E-state index contributed by atoms with van der Waals surface area (Å²) in [5, 5.41) is 0. The van der Waals surface area contributed by atoms with E-state index in [1.807, 2.05) is 37.9 Å². The van der Waals surface area contributed by atoms with Gasteiger partial charge < -0.3 is 10.6 Å². The topological polar surface area (TPSA) is 49.6 Å². The van der Waals surface area contributed by atoms with Gasteiger partial charge in [0.15, 0.2) is 0 Å². The van der Waals surface area contributed by atoms with Crippen LogP contribution in [0.4, 0.5) is 10.5 Å². The van der Waals surface area contributed by atoms with E-state index >= 15 is 0 Å². The Balaban J connectivity index is 2.20. The highest BCUT2D eigenvalue weighted by atomic mass is 16.2. The largest absolute Gasteiger partial charge is 0.326 e. The van der Waals surface area contributed by atoms with E-state index in [1.54, 1.807) is 4.90 Å². The molecule has 18 heavy (non-hydrogen) atoms. The molecule has 1 aliphatic rings. The second-order valence-electron chi connectivity index (χ2n) is 5.69. The number of nitrogens with zero attached hydrogens (tertiary/aromatic N) is 2. The highest BCUT2D eigenvalue weighted by molar-refractivity contribution is 5.93. The van der Waals surface area contributed by atoms with Gasteiger partial charge in [-0.3, -0.25) is 4.90 Å². The number of hydrogen-bond donors (Lipinski definition) is 1. The van der Waals surface area contributed by atoms with Crippen molar-refractivity contribution in [2.24, 2.45) is 5.73 Å². The fourth-order valence-electron chi connectivity index (χ4n) is 2.25. The van der Waals surface area contributed by atoms with Crippen LogP contribution in [-0.2, 0) is 6.42 Å². The van der Waals surface area contributed by atoms with Crippen LogP contribution in [0, 0.1) is 0 Å². The molecule has 0 bridgehead atoms. The number of amides is 2. The van der Waals surface area contributed by atoms with Crippen molar-refractivity contribution in [1.29, 1.82) is 0 Å². The second-order valence-corrected chi connectivity index (χ2v) is 5.69. The van der Waals surface area contributed by atoms with Gasteiger partial charge in [0.25, 0.3) is 0 Å². The van der Waals surface area contributed by atoms with E-state index in [0.717, 1.165) is 25.2 Å². The van der Waals surface area contributed by atoms with Crippen molar-refractivity contribution in [2.45, 2.75) is 25.8 Å². The van der Waals surface area contributed by atoms with Crippen molar-refractivity contribution in [3.8, 4) is 0 Å². The molecule has 2 N–H and O–H groups in total. The number of carbonyl (C=O) groups is 1. The molecule has 0 unspecified atom stereocenters. The van der Waals surface area contributed by atoms with Crippen LogP contribution in [0.5, 0.6) is 0 Å². The van der Waals surface area contributed by atoms with Crippen LogP contribution in [-0.4, -0.2) is 36.6 Å². The van der Waals surface area contributed by atoms with Gasteiger partial charge in [-0.15, -0.1) is 0 Å². The lowest BCUT2D eigenvalue weighted by Gasteiger charge is -2.21. The highest BCUT2D eigenvalue weighted by Crippen LogP contribution is 2.22. The summed E-state index contributed by atoms with van der Waals surface area (Å²) < 4.78 is 0. The average molecular weight is 247 g/mol. The minimum absolute atomic E-state index is 0.0687. The van der Waals surface area contributed by atoms with Crippen LogP contribution >= 0.6 is 0 Å². The Bertz CT molecular complexity index is 451. The van der Waals surface area contributed by atoms with Crippen LogP contribution in [0.3, 0.4) is 0 Å². The third kappa shape index (κ3) is 2.82. The summed E-state index contributed by atoms with van der Waals surface area (Å²) in [5.41, 5.74) is 7.93. The maximum atomic E-state index is 11.9. The van der Waals surface area contributed by atoms with Gasteiger partial charge in [-0.05, 0) is 38.0 Å². The molecule has 0 saturated carbocycles. The number of carbonyl (C=O) groups excluding carboxylic acids is 1. The number of hydrogen-bond acceptors (Lipinski definition) is 2. The molecule has 0 aliphatic carbocycles. The summed E-state index contributed by atoms with van der Waals surface area (Å²) >= 11 is 0. The van der Waals surface area contributed by atoms with Crippen LogP contribution in [0.2, 0.25) is 0 Å². The van der Waals surface area contributed by atoms with Gasteiger partial charge in [-0.1, -0.05) is 12.1 Å². The first-order valence-corrected chi connectivity index (χ1v) is 6.27. The summed E-state index contributed by atoms with van der Waals surface area (Å²) in [4.78, 5) is 15.5. The van der Waals surface area contributed by atoms with Gasteiger partial charge in [-0.2, -0.15) is 0 Å². The molecule has 0 aromatic heterocycles. The third-order valence-corrected chi connectivity index (χ3v) is 3.10. The Morgan fingerprint density at radius 2 is 2.06 bits per heavy atom. The molecule has 0 spiro atoms. The van der Waals surface area contributed by atoms with Gasteiger partial charge in [0.2, 0.25) is 0 Å². The zero-order chi connectivity index (χ0) is 13.3. The van der Waals surface area contributed by atoms with Crippen molar-refractivity contribution in [3.63, 3.8) is 0 Å². The zero-order valence-electron chi connectivity index (χ0n) is 11.3. The zero-order valence-corrected chi connectivity index (χ0v) is 11.3. The second kappa shape index (κ2) is 4.61. The number of benzene rings is 1. The van der Waals surface area contributed by atoms with Crippen LogP contribution < -0.4 is 10.6 Å². The predicted octanol–water partition coefficient (Wildman–Crippen LogP) is 1.84. The lowest BCUT2D eigenvalue weighted by atomic mass is 9.96. The monoisotopic (exact) mass is 247 g/mol. The molecule has 1 heterocycles. The molecule has 4 nitrogen and oxygen atoms in total. The minimum Gasteiger partial charge on any atom is -0.326 e. The quantitative estimate of drug-likeness (QED) is 0.886. The molecule has 0 atom stereocenters. The molecule has 0 radical (unpaired) electrons. The maximum absolute atomic E-state index is 11.9. The fourth-order valence-corrected chi connectivity index (χ4v) is 2.25.